The van der Waals surface area contributed by atoms with Gasteiger partial charge in [0.15, 0.2) is 0 Å². The zero-order valence-electron chi connectivity index (χ0n) is 11.6. The molecule has 0 saturated heterocycles. The number of hydrogen-bond acceptors (Lipinski definition) is 3. The van der Waals surface area contributed by atoms with E-state index in [1.54, 1.807) is 0 Å². The number of nitrogens with one attached hydrogen (secondary N) is 1. The minimum Gasteiger partial charge on any atom is -0.481 e. The number of hydrogen-bond donors (Lipinski definition) is 2. The van der Waals surface area contributed by atoms with E-state index in [4.69, 9.17) is 9.84 Å². The van der Waals surface area contributed by atoms with E-state index in [9.17, 15) is 9.59 Å². The minimum absolute atomic E-state index is 0.253. The molecule has 0 amide bonds. The van der Waals surface area contributed by atoms with Crippen LogP contribution in [0.1, 0.15) is 24.1 Å². The van der Waals surface area contributed by atoms with Crippen molar-refractivity contribution in [3.63, 3.8) is 0 Å². The summed E-state index contributed by atoms with van der Waals surface area (Å²) in [4.78, 5) is 25.1. The van der Waals surface area contributed by atoms with Crippen molar-refractivity contribution in [1.82, 2.24) is 4.98 Å². The quantitative estimate of drug-likeness (QED) is 0.668. The van der Waals surface area contributed by atoms with Crippen molar-refractivity contribution in [2.24, 2.45) is 5.92 Å². The number of aromatic nitrogens is 1. The summed E-state index contributed by atoms with van der Waals surface area (Å²) in [5.74, 6) is -1.56. The first-order valence-electron chi connectivity index (χ1n) is 7.09. The molecule has 1 heterocycles. The number of esters is 1. The number of carbonyl (C=O) groups is 2. The van der Waals surface area contributed by atoms with E-state index in [1.165, 1.54) is 16.6 Å². The second-order valence-electron chi connectivity index (χ2n) is 5.49. The van der Waals surface area contributed by atoms with Crippen LogP contribution in [-0.4, -0.2) is 28.6 Å². The summed E-state index contributed by atoms with van der Waals surface area (Å²) in [6.45, 7) is 0.293. The molecule has 5 heteroatoms. The Bertz CT molecular complexity index is 689. The SMILES string of the molecule is O=C(O)CC(=O)OCC1CCc2c([nH]c3ccccc23)C1. The first kappa shape index (κ1) is 13.7. The molecule has 1 atom stereocenters. The van der Waals surface area contributed by atoms with Gasteiger partial charge in [-0.1, -0.05) is 18.2 Å². The normalized spacial score (nSPS) is 17.4. The second-order valence-corrected chi connectivity index (χ2v) is 5.49. The third-order valence-electron chi connectivity index (χ3n) is 3.97. The Morgan fingerprint density at radius 3 is 2.95 bits per heavy atom. The molecule has 3 rings (SSSR count). The van der Waals surface area contributed by atoms with E-state index in [2.05, 4.69) is 17.1 Å². The maximum Gasteiger partial charge on any atom is 0.317 e. The molecule has 21 heavy (non-hydrogen) atoms. The Hall–Kier alpha value is -2.30. The number of carboxylic acid groups (broad SMARTS) is 1. The van der Waals surface area contributed by atoms with E-state index in [-0.39, 0.29) is 5.92 Å². The van der Waals surface area contributed by atoms with E-state index < -0.39 is 18.4 Å². The molecule has 0 aliphatic heterocycles. The molecule has 1 unspecified atom stereocenters. The van der Waals surface area contributed by atoms with Crippen LogP contribution in [-0.2, 0) is 27.2 Å². The van der Waals surface area contributed by atoms with E-state index in [0.29, 0.717) is 6.61 Å². The lowest BCUT2D eigenvalue weighted by Gasteiger charge is -2.21. The van der Waals surface area contributed by atoms with Gasteiger partial charge < -0.3 is 14.8 Å². The molecule has 0 fully saturated rings. The molecule has 5 nitrogen and oxygen atoms in total. The number of rotatable bonds is 4. The Balaban J connectivity index is 1.65. The number of benzene rings is 1. The highest BCUT2D eigenvalue weighted by Crippen LogP contribution is 2.31. The van der Waals surface area contributed by atoms with Crippen LogP contribution in [0.2, 0.25) is 0 Å². The second kappa shape index (κ2) is 5.60. The van der Waals surface area contributed by atoms with Crippen molar-refractivity contribution >= 4 is 22.8 Å². The monoisotopic (exact) mass is 287 g/mol. The third kappa shape index (κ3) is 2.91. The molecular weight excluding hydrogens is 270 g/mol. The molecule has 1 aromatic carbocycles. The Morgan fingerprint density at radius 2 is 2.14 bits per heavy atom. The highest BCUT2D eigenvalue weighted by Gasteiger charge is 2.23. The molecule has 0 radical (unpaired) electrons. The van der Waals surface area contributed by atoms with Gasteiger partial charge in [0.1, 0.15) is 6.42 Å². The van der Waals surface area contributed by atoms with Gasteiger partial charge in [0.05, 0.1) is 6.61 Å². The molecule has 2 N–H and O–H groups in total. The van der Waals surface area contributed by atoms with Crippen LogP contribution in [0.4, 0.5) is 0 Å². The summed E-state index contributed by atoms with van der Waals surface area (Å²) < 4.78 is 5.05. The fourth-order valence-corrected chi connectivity index (χ4v) is 2.98. The van der Waals surface area contributed by atoms with Gasteiger partial charge in [-0.25, -0.2) is 0 Å². The van der Waals surface area contributed by atoms with Crippen LogP contribution >= 0.6 is 0 Å². The number of fused-ring (bicyclic) bond motifs is 3. The predicted molar refractivity (Wildman–Crippen MR) is 77.0 cm³/mol. The summed E-state index contributed by atoms with van der Waals surface area (Å²) in [5, 5.41) is 9.80. The van der Waals surface area contributed by atoms with E-state index in [0.717, 1.165) is 24.8 Å². The summed E-state index contributed by atoms with van der Waals surface area (Å²) in [5.41, 5.74) is 3.71. The van der Waals surface area contributed by atoms with Crippen LogP contribution in [0.25, 0.3) is 10.9 Å². The third-order valence-corrected chi connectivity index (χ3v) is 3.97. The van der Waals surface area contributed by atoms with Gasteiger partial charge in [-0.2, -0.15) is 0 Å². The standard InChI is InChI=1S/C16H17NO4/c18-15(19)8-16(20)21-9-10-5-6-12-11-3-1-2-4-13(11)17-14(12)7-10/h1-4,10,17H,5-9H2,(H,18,19). The van der Waals surface area contributed by atoms with Gasteiger partial charge in [-0.05, 0) is 36.8 Å². The molecule has 0 bridgehead atoms. The van der Waals surface area contributed by atoms with Crippen molar-refractivity contribution in [2.45, 2.75) is 25.7 Å². The number of H-pyrrole nitrogens is 1. The molecule has 1 aliphatic carbocycles. The number of aromatic amines is 1. The van der Waals surface area contributed by atoms with Crippen LogP contribution < -0.4 is 0 Å². The van der Waals surface area contributed by atoms with Gasteiger partial charge in [0.25, 0.3) is 0 Å². The number of carbonyl (C=O) groups excluding carboxylic acids is 1. The molecular formula is C16H17NO4. The molecule has 1 aromatic heterocycles. The Labute approximate surface area is 121 Å². The fourth-order valence-electron chi connectivity index (χ4n) is 2.98. The van der Waals surface area contributed by atoms with Gasteiger partial charge in [0.2, 0.25) is 0 Å². The first-order valence-corrected chi connectivity index (χ1v) is 7.09. The van der Waals surface area contributed by atoms with Gasteiger partial charge >= 0.3 is 11.9 Å². The van der Waals surface area contributed by atoms with Gasteiger partial charge in [0, 0.05) is 16.6 Å². The van der Waals surface area contributed by atoms with Gasteiger partial charge in [-0.15, -0.1) is 0 Å². The average Bonchev–Trinajstić information content (AvgIpc) is 2.82. The molecule has 110 valence electrons. The van der Waals surface area contributed by atoms with Crippen LogP contribution in [0.15, 0.2) is 24.3 Å². The van der Waals surface area contributed by atoms with E-state index in [1.807, 2.05) is 12.1 Å². The molecule has 2 aromatic rings. The number of ether oxygens (including phenoxy) is 1. The van der Waals surface area contributed by atoms with Crippen molar-refractivity contribution < 1.29 is 19.4 Å². The van der Waals surface area contributed by atoms with Crippen molar-refractivity contribution in [2.75, 3.05) is 6.61 Å². The van der Waals surface area contributed by atoms with Crippen molar-refractivity contribution in [3.8, 4) is 0 Å². The van der Waals surface area contributed by atoms with Crippen molar-refractivity contribution in [1.29, 1.82) is 0 Å². The summed E-state index contributed by atoms with van der Waals surface area (Å²) in [7, 11) is 0. The van der Waals surface area contributed by atoms with Crippen LogP contribution in [0, 0.1) is 5.92 Å². The maximum atomic E-state index is 11.3. The zero-order chi connectivity index (χ0) is 14.8. The lowest BCUT2D eigenvalue weighted by Crippen LogP contribution is -2.22. The number of aryl methyl sites for hydroxylation is 1. The number of carboxylic acids is 1. The molecule has 1 aliphatic rings. The number of para-hydroxylation sites is 1. The van der Waals surface area contributed by atoms with Crippen LogP contribution in [0.5, 0.6) is 0 Å². The highest BCUT2D eigenvalue weighted by atomic mass is 16.5. The average molecular weight is 287 g/mol. The Morgan fingerprint density at radius 1 is 1.33 bits per heavy atom. The predicted octanol–water partition coefficient (Wildman–Crippen LogP) is 2.29. The molecule has 0 saturated carbocycles. The van der Waals surface area contributed by atoms with Gasteiger partial charge in [-0.3, -0.25) is 9.59 Å². The summed E-state index contributed by atoms with van der Waals surface area (Å²) >= 11 is 0. The topological polar surface area (TPSA) is 79.4 Å². The summed E-state index contributed by atoms with van der Waals surface area (Å²) in [6, 6.07) is 8.24. The fraction of sp³-hybridized carbons (Fsp3) is 0.375. The minimum atomic E-state index is -1.15. The Kier molecular flexibility index (Phi) is 3.64. The highest BCUT2D eigenvalue weighted by molar-refractivity contribution is 5.90. The van der Waals surface area contributed by atoms with Crippen molar-refractivity contribution in [3.05, 3.63) is 35.5 Å². The largest absolute Gasteiger partial charge is 0.481 e. The lowest BCUT2D eigenvalue weighted by molar-refractivity contribution is -0.152. The smallest absolute Gasteiger partial charge is 0.317 e. The zero-order valence-corrected chi connectivity index (χ0v) is 11.6. The van der Waals surface area contributed by atoms with E-state index >= 15 is 0 Å². The van der Waals surface area contributed by atoms with Crippen LogP contribution in [0.3, 0.4) is 0 Å². The first-order chi connectivity index (χ1) is 10.1. The summed E-state index contributed by atoms with van der Waals surface area (Å²) in [6.07, 6.45) is 2.18. The molecule has 0 spiro atoms. The lowest BCUT2D eigenvalue weighted by atomic mass is 9.87. The number of aliphatic carboxylic acids is 1. The maximum absolute atomic E-state index is 11.3.